The van der Waals surface area contributed by atoms with E-state index in [2.05, 4.69) is 41.5 Å². The predicted molar refractivity (Wildman–Crippen MR) is 84.9 cm³/mol. The van der Waals surface area contributed by atoms with Gasteiger partial charge < -0.3 is 0 Å². The van der Waals surface area contributed by atoms with Gasteiger partial charge in [-0.3, -0.25) is 15.8 Å². The van der Waals surface area contributed by atoms with Crippen molar-refractivity contribution in [3.63, 3.8) is 0 Å². The van der Waals surface area contributed by atoms with Gasteiger partial charge in [-0.05, 0) is 26.7 Å². The highest BCUT2D eigenvalue weighted by Crippen LogP contribution is 2.51. The van der Waals surface area contributed by atoms with Gasteiger partial charge in [-0.1, -0.05) is 53.4 Å². The van der Waals surface area contributed by atoms with Crippen LogP contribution in [0.5, 0.6) is 0 Å². The molecular formula is C14H34N3P. The summed E-state index contributed by atoms with van der Waals surface area (Å²) < 4.78 is 4.87. The molecule has 0 bridgehead atoms. The van der Waals surface area contributed by atoms with Crippen LogP contribution >= 0.6 is 7.36 Å². The number of rotatable bonds is 8. The Morgan fingerprint density at radius 2 is 1.44 bits per heavy atom. The Morgan fingerprint density at radius 3 is 1.89 bits per heavy atom. The maximum atomic E-state index is 6.39. The van der Waals surface area contributed by atoms with Gasteiger partial charge in [0.2, 0.25) is 0 Å². The maximum Gasteiger partial charge on any atom is 0.0926 e. The van der Waals surface area contributed by atoms with Gasteiger partial charge in [0.05, 0.1) is 12.9 Å². The van der Waals surface area contributed by atoms with Crippen molar-refractivity contribution >= 4 is 7.36 Å². The molecule has 0 spiro atoms. The van der Waals surface area contributed by atoms with Crippen molar-refractivity contribution in [2.45, 2.75) is 90.8 Å². The predicted octanol–water partition coefficient (Wildman–Crippen LogP) is 4.87. The average molecular weight is 275 g/mol. The number of nitrogens with zero attached hydrogens (tertiary/aromatic N) is 1. The van der Waals surface area contributed by atoms with E-state index in [0.717, 1.165) is 19.3 Å². The summed E-state index contributed by atoms with van der Waals surface area (Å²) in [5.74, 6) is 0. The van der Waals surface area contributed by atoms with Gasteiger partial charge in [-0.15, -0.1) is 0 Å². The first-order valence-electron chi connectivity index (χ1n) is 7.28. The smallest absolute Gasteiger partial charge is 0.0926 e. The third-order valence-corrected chi connectivity index (χ3v) is 6.70. The minimum atomic E-state index is -2.21. The Kier molecular flexibility index (Phi) is 7.13. The Hall–Kier alpha value is 0.150. The zero-order valence-corrected chi connectivity index (χ0v) is 14.2. The molecule has 0 radical (unpaired) electrons. The monoisotopic (exact) mass is 275 g/mol. The van der Waals surface area contributed by atoms with E-state index in [9.17, 15) is 0 Å². The van der Waals surface area contributed by atoms with Gasteiger partial charge in [0.25, 0.3) is 0 Å². The van der Waals surface area contributed by atoms with E-state index in [4.69, 9.17) is 15.8 Å². The van der Waals surface area contributed by atoms with E-state index in [1.807, 2.05) is 0 Å². The lowest BCUT2D eigenvalue weighted by Crippen LogP contribution is -2.32. The summed E-state index contributed by atoms with van der Waals surface area (Å²) in [7, 11) is -2.21. The average Bonchev–Trinajstić information content (AvgIpc) is 2.15. The molecule has 0 saturated carbocycles. The van der Waals surface area contributed by atoms with Crippen LogP contribution in [0.3, 0.4) is 0 Å². The van der Waals surface area contributed by atoms with Crippen LogP contribution < -0.4 is 11.0 Å². The van der Waals surface area contributed by atoms with Crippen LogP contribution in [0.15, 0.2) is 4.74 Å². The first kappa shape index (κ1) is 18.1. The second-order valence-electron chi connectivity index (χ2n) is 6.67. The largest absolute Gasteiger partial charge is 0.285 e. The molecule has 4 N–H and O–H groups in total. The highest BCUT2D eigenvalue weighted by molar-refractivity contribution is 7.63. The lowest BCUT2D eigenvalue weighted by atomic mass is 9.98. The van der Waals surface area contributed by atoms with Crippen molar-refractivity contribution in [3.8, 4) is 0 Å². The van der Waals surface area contributed by atoms with Crippen LogP contribution in [-0.4, -0.2) is 10.7 Å². The zero-order chi connectivity index (χ0) is 14.4. The van der Waals surface area contributed by atoms with E-state index in [1.54, 1.807) is 0 Å². The maximum absolute atomic E-state index is 6.39. The summed E-state index contributed by atoms with van der Waals surface area (Å²) in [6.45, 7) is 13.1. The van der Waals surface area contributed by atoms with Crippen molar-refractivity contribution in [1.82, 2.24) is 0 Å². The first-order chi connectivity index (χ1) is 8.08. The normalized spacial score (nSPS) is 13.8. The SMILES string of the molecule is CCCCCC(C)(C)N=P(N)(N)C(C)(C)CCC. The third kappa shape index (κ3) is 5.86. The molecular weight excluding hydrogens is 241 g/mol. The molecule has 0 saturated heterocycles. The van der Waals surface area contributed by atoms with E-state index < -0.39 is 7.36 Å². The second-order valence-corrected chi connectivity index (χ2v) is 9.56. The van der Waals surface area contributed by atoms with Crippen LogP contribution in [0, 0.1) is 0 Å². The molecule has 0 aromatic rings. The molecule has 0 unspecified atom stereocenters. The number of nitrogens with two attached hydrogens (primary N) is 2. The first-order valence-corrected chi connectivity index (χ1v) is 9.16. The van der Waals surface area contributed by atoms with E-state index in [0.29, 0.717) is 0 Å². The lowest BCUT2D eigenvalue weighted by molar-refractivity contribution is 0.452. The summed E-state index contributed by atoms with van der Waals surface area (Å²) in [4.78, 5) is 0. The molecule has 0 aromatic heterocycles. The number of hydrogen-bond donors (Lipinski definition) is 2. The fourth-order valence-corrected chi connectivity index (χ4v) is 4.08. The van der Waals surface area contributed by atoms with Crippen LogP contribution in [0.4, 0.5) is 0 Å². The molecule has 0 rings (SSSR count). The minimum absolute atomic E-state index is 0.0518. The highest BCUT2D eigenvalue weighted by Gasteiger charge is 2.33. The summed E-state index contributed by atoms with van der Waals surface area (Å²) in [6.07, 6.45) is 6.94. The van der Waals surface area contributed by atoms with E-state index >= 15 is 0 Å². The van der Waals surface area contributed by atoms with Crippen molar-refractivity contribution in [3.05, 3.63) is 0 Å². The number of hydrogen-bond acceptors (Lipinski definition) is 1. The Balaban J connectivity index is 4.89. The van der Waals surface area contributed by atoms with Crippen LogP contribution in [0.2, 0.25) is 0 Å². The highest BCUT2D eigenvalue weighted by atomic mass is 31.2. The summed E-state index contributed by atoms with van der Waals surface area (Å²) >= 11 is 0. The Morgan fingerprint density at radius 1 is 0.889 bits per heavy atom. The third-order valence-electron chi connectivity index (χ3n) is 3.66. The van der Waals surface area contributed by atoms with Gasteiger partial charge >= 0.3 is 0 Å². The van der Waals surface area contributed by atoms with Crippen LogP contribution in [0.1, 0.15) is 80.1 Å². The van der Waals surface area contributed by atoms with E-state index in [-0.39, 0.29) is 10.7 Å². The molecule has 0 amide bonds. The van der Waals surface area contributed by atoms with E-state index in [1.165, 1.54) is 19.3 Å². The minimum Gasteiger partial charge on any atom is -0.285 e. The summed E-state index contributed by atoms with van der Waals surface area (Å²) in [5.41, 5.74) is 12.7. The van der Waals surface area contributed by atoms with Gasteiger partial charge in [-0.25, -0.2) is 0 Å². The topological polar surface area (TPSA) is 64.4 Å². The van der Waals surface area contributed by atoms with Gasteiger partial charge in [-0.2, -0.15) is 0 Å². The van der Waals surface area contributed by atoms with Gasteiger partial charge in [0.15, 0.2) is 0 Å². The lowest BCUT2D eigenvalue weighted by Gasteiger charge is -2.36. The second kappa shape index (κ2) is 7.07. The summed E-state index contributed by atoms with van der Waals surface area (Å²) in [6, 6.07) is 0. The Bertz CT molecular complexity index is 289. The molecule has 0 aromatic carbocycles. The standard InChI is InChI=1S/C14H34N3P/c1-7-9-10-12-13(3,4)17-18(15,16)14(5,6)11-8-2/h7-12,15-16H2,1-6H3. The summed E-state index contributed by atoms with van der Waals surface area (Å²) in [5, 5.41) is -0.0518. The fourth-order valence-electron chi connectivity index (χ4n) is 2.23. The molecule has 0 atom stereocenters. The molecule has 4 heteroatoms. The van der Waals surface area contributed by atoms with Crippen molar-refractivity contribution in [1.29, 1.82) is 0 Å². The molecule has 0 aliphatic carbocycles. The molecule has 0 heterocycles. The molecule has 18 heavy (non-hydrogen) atoms. The van der Waals surface area contributed by atoms with Crippen LogP contribution in [-0.2, 0) is 0 Å². The molecule has 0 aliphatic rings. The molecule has 3 nitrogen and oxygen atoms in total. The van der Waals surface area contributed by atoms with Crippen molar-refractivity contribution < 1.29 is 0 Å². The fraction of sp³-hybridized carbons (Fsp3) is 1.00. The van der Waals surface area contributed by atoms with Crippen molar-refractivity contribution in [2.24, 2.45) is 15.8 Å². The zero-order valence-electron chi connectivity index (χ0n) is 13.3. The van der Waals surface area contributed by atoms with Gasteiger partial charge in [0, 0.05) is 5.16 Å². The van der Waals surface area contributed by atoms with Gasteiger partial charge in [0.1, 0.15) is 0 Å². The molecule has 0 aliphatic heterocycles. The molecule has 0 fully saturated rings. The Labute approximate surface area is 114 Å². The number of unbranched alkanes of at least 4 members (excludes halogenated alkanes) is 2. The van der Waals surface area contributed by atoms with Crippen molar-refractivity contribution in [2.75, 3.05) is 0 Å². The quantitative estimate of drug-likeness (QED) is 0.490. The van der Waals surface area contributed by atoms with Crippen LogP contribution in [0.25, 0.3) is 0 Å². The molecule has 110 valence electrons.